The van der Waals surface area contributed by atoms with Crippen molar-refractivity contribution in [2.24, 2.45) is 5.73 Å². The van der Waals surface area contributed by atoms with E-state index in [1.54, 1.807) is 12.1 Å². The van der Waals surface area contributed by atoms with E-state index in [9.17, 15) is 0 Å². The lowest BCUT2D eigenvalue weighted by atomic mass is 10.1. The average molecular weight is 283 g/mol. The first kappa shape index (κ1) is 13.2. The summed E-state index contributed by atoms with van der Waals surface area (Å²) >= 11 is 0. The number of aromatic nitrogens is 4. The van der Waals surface area contributed by atoms with Gasteiger partial charge in [-0.3, -0.25) is 0 Å². The van der Waals surface area contributed by atoms with Gasteiger partial charge in [0.25, 0.3) is 5.89 Å². The summed E-state index contributed by atoms with van der Waals surface area (Å²) in [5, 5.41) is 11.8. The van der Waals surface area contributed by atoms with E-state index in [1.807, 2.05) is 24.3 Å². The summed E-state index contributed by atoms with van der Waals surface area (Å²) in [6.45, 7) is 0.497. The number of benzene rings is 1. The molecular weight excluding hydrogens is 270 g/mol. The number of hydrogen-bond donors (Lipinski definition) is 1. The van der Waals surface area contributed by atoms with Gasteiger partial charge in [-0.1, -0.05) is 17.3 Å². The molecular formula is C14H13N5O2. The summed E-state index contributed by atoms with van der Waals surface area (Å²) in [6, 6.07) is 11.0. The molecule has 7 heteroatoms. The van der Waals surface area contributed by atoms with Crippen molar-refractivity contribution in [2.45, 2.75) is 6.54 Å². The van der Waals surface area contributed by atoms with Crippen LogP contribution >= 0.6 is 0 Å². The zero-order valence-corrected chi connectivity index (χ0v) is 11.4. The summed E-state index contributed by atoms with van der Waals surface area (Å²) in [5.74, 6) is 1.23. The fourth-order valence-corrected chi connectivity index (χ4v) is 1.78. The topological polar surface area (TPSA) is 100.0 Å². The van der Waals surface area contributed by atoms with Crippen molar-refractivity contribution < 1.29 is 9.26 Å². The molecule has 3 rings (SSSR count). The Labute approximate surface area is 120 Å². The Kier molecular flexibility index (Phi) is 3.57. The molecule has 7 nitrogen and oxygen atoms in total. The van der Waals surface area contributed by atoms with E-state index in [4.69, 9.17) is 15.0 Å². The van der Waals surface area contributed by atoms with Crippen molar-refractivity contribution in [3.63, 3.8) is 0 Å². The second-order valence-corrected chi connectivity index (χ2v) is 4.29. The zero-order chi connectivity index (χ0) is 14.7. The van der Waals surface area contributed by atoms with E-state index >= 15 is 0 Å². The van der Waals surface area contributed by atoms with Crippen LogP contribution in [0.1, 0.15) is 5.56 Å². The number of hydrogen-bond acceptors (Lipinski definition) is 7. The van der Waals surface area contributed by atoms with Gasteiger partial charge in [0.2, 0.25) is 11.7 Å². The van der Waals surface area contributed by atoms with Crippen LogP contribution in [0.5, 0.6) is 5.88 Å². The molecule has 0 aliphatic rings. The highest BCUT2D eigenvalue weighted by molar-refractivity contribution is 5.57. The lowest BCUT2D eigenvalue weighted by molar-refractivity contribution is 0.392. The summed E-state index contributed by atoms with van der Waals surface area (Å²) in [5.41, 5.74) is 7.95. The molecule has 0 radical (unpaired) electrons. The van der Waals surface area contributed by atoms with Gasteiger partial charge in [-0.15, -0.1) is 10.2 Å². The van der Waals surface area contributed by atoms with Crippen molar-refractivity contribution in [2.75, 3.05) is 7.11 Å². The lowest BCUT2D eigenvalue weighted by Gasteiger charge is -1.97. The van der Waals surface area contributed by atoms with Gasteiger partial charge in [-0.05, 0) is 23.8 Å². The highest BCUT2D eigenvalue weighted by atomic mass is 16.5. The van der Waals surface area contributed by atoms with Gasteiger partial charge in [-0.2, -0.15) is 4.98 Å². The molecule has 106 valence electrons. The van der Waals surface area contributed by atoms with E-state index in [0.717, 1.165) is 11.1 Å². The smallest absolute Gasteiger partial charge is 0.258 e. The summed E-state index contributed by atoms with van der Waals surface area (Å²) < 4.78 is 10.2. The Bertz CT molecular complexity index is 660. The van der Waals surface area contributed by atoms with Crippen molar-refractivity contribution in [3.05, 3.63) is 42.0 Å². The van der Waals surface area contributed by atoms with Gasteiger partial charge in [0, 0.05) is 18.2 Å². The lowest BCUT2D eigenvalue weighted by Crippen LogP contribution is -1.95. The molecule has 0 aliphatic carbocycles. The normalized spacial score (nSPS) is 10.6. The van der Waals surface area contributed by atoms with Gasteiger partial charge in [0.1, 0.15) is 5.69 Å². The molecule has 0 saturated carbocycles. The van der Waals surface area contributed by atoms with Crippen LogP contribution in [0.15, 0.2) is 40.9 Å². The molecule has 0 unspecified atom stereocenters. The fourth-order valence-electron chi connectivity index (χ4n) is 1.78. The summed E-state index contributed by atoms with van der Waals surface area (Å²) in [4.78, 5) is 4.31. The Hall–Kier alpha value is -2.80. The van der Waals surface area contributed by atoms with Crippen LogP contribution in [0.3, 0.4) is 0 Å². The largest absolute Gasteiger partial charge is 0.480 e. The van der Waals surface area contributed by atoms with Crippen LogP contribution in [0.25, 0.3) is 23.0 Å². The van der Waals surface area contributed by atoms with Gasteiger partial charge < -0.3 is 15.0 Å². The van der Waals surface area contributed by atoms with Crippen LogP contribution < -0.4 is 10.5 Å². The maximum Gasteiger partial charge on any atom is 0.258 e. The summed E-state index contributed by atoms with van der Waals surface area (Å²) in [7, 11) is 1.53. The minimum Gasteiger partial charge on any atom is -0.480 e. The first-order valence-corrected chi connectivity index (χ1v) is 6.31. The SMILES string of the molecule is COc1ccc(-c2noc(-c3ccc(CN)cc3)n2)nn1. The van der Waals surface area contributed by atoms with Crippen LogP contribution in [0.2, 0.25) is 0 Å². The Morgan fingerprint density at radius 2 is 1.90 bits per heavy atom. The number of ether oxygens (including phenoxy) is 1. The number of methoxy groups -OCH3 is 1. The number of rotatable bonds is 4. The zero-order valence-electron chi connectivity index (χ0n) is 11.4. The highest BCUT2D eigenvalue weighted by Crippen LogP contribution is 2.21. The van der Waals surface area contributed by atoms with E-state index in [-0.39, 0.29) is 0 Å². The third-order valence-corrected chi connectivity index (χ3v) is 2.94. The fraction of sp³-hybridized carbons (Fsp3) is 0.143. The predicted octanol–water partition coefficient (Wildman–Crippen LogP) is 1.66. The van der Waals surface area contributed by atoms with Crippen LogP contribution in [0.4, 0.5) is 0 Å². The Morgan fingerprint density at radius 3 is 2.52 bits per heavy atom. The molecule has 0 amide bonds. The minimum atomic E-state index is 0.378. The third-order valence-electron chi connectivity index (χ3n) is 2.94. The second-order valence-electron chi connectivity index (χ2n) is 4.29. The van der Waals surface area contributed by atoms with Crippen molar-refractivity contribution in [3.8, 4) is 28.9 Å². The molecule has 21 heavy (non-hydrogen) atoms. The van der Waals surface area contributed by atoms with Gasteiger partial charge in [-0.25, -0.2) is 0 Å². The molecule has 0 aliphatic heterocycles. The molecule has 2 aromatic heterocycles. The highest BCUT2D eigenvalue weighted by Gasteiger charge is 2.12. The van der Waals surface area contributed by atoms with Crippen LogP contribution in [-0.2, 0) is 6.54 Å². The number of nitrogens with zero attached hydrogens (tertiary/aromatic N) is 4. The molecule has 0 atom stereocenters. The standard InChI is InChI=1S/C14H13N5O2/c1-20-12-7-6-11(17-18-12)13-16-14(21-19-13)10-4-2-9(8-15)3-5-10/h2-7H,8,15H2,1H3. The molecule has 3 aromatic rings. The first-order valence-electron chi connectivity index (χ1n) is 6.31. The maximum absolute atomic E-state index is 5.57. The van der Waals surface area contributed by atoms with Crippen LogP contribution in [0, 0.1) is 0 Å². The van der Waals surface area contributed by atoms with Crippen molar-refractivity contribution in [1.29, 1.82) is 0 Å². The molecule has 0 saturated heterocycles. The monoisotopic (exact) mass is 283 g/mol. The second kappa shape index (κ2) is 5.68. The van der Waals surface area contributed by atoms with E-state index in [1.165, 1.54) is 7.11 Å². The van der Waals surface area contributed by atoms with E-state index in [2.05, 4.69) is 20.3 Å². The van der Waals surface area contributed by atoms with Gasteiger partial charge in [0.15, 0.2) is 0 Å². The minimum absolute atomic E-state index is 0.378. The van der Waals surface area contributed by atoms with E-state index in [0.29, 0.717) is 29.8 Å². The maximum atomic E-state index is 5.57. The van der Waals surface area contributed by atoms with Crippen LogP contribution in [-0.4, -0.2) is 27.4 Å². The van der Waals surface area contributed by atoms with Crippen molar-refractivity contribution in [1.82, 2.24) is 20.3 Å². The van der Waals surface area contributed by atoms with Crippen molar-refractivity contribution >= 4 is 0 Å². The number of nitrogens with two attached hydrogens (primary N) is 1. The Balaban J connectivity index is 1.87. The van der Waals surface area contributed by atoms with Gasteiger partial charge >= 0.3 is 0 Å². The molecule has 1 aromatic carbocycles. The average Bonchev–Trinajstić information content (AvgIpc) is 3.05. The van der Waals surface area contributed by atoms with E-state index < -0.39 is 0 Å². The molecule has 0 bridgehead atoms. The first-order chi connectivity index (χ1) is 10.3. The molecule has 0 fully saturated rings. The third kappa shape index (κ3) is 2.72. The molecule has 2 N–H and O–H groups in total. The van der Waals surface area contributed by atoms with Gasteiger partial charge in [0.05, 0.1) is 7.11 Å². The molecule has 2 heterocycles. The Morgan fingerprint density at radius 1 is 1.10 bits per heavy atom. The predicted molar refractivity (Wildman–Crippen MR) is 75.2 cm³/mol. The quantitative estimate of drug-likeness (QED) is 0.777. The molecule has 0 spiro atoms. The summed E-state index contributed by atoms with van der Waals surface area (Å²) in [6.07, 6.45) is 0.